The maximum atomic E-state index is 9.34. The Kier molecular flexibility index (Phi) is 8.95. The van der Waals surface area contributed by atoms with Crippen molar-refractivity contribution in [2.45, 2.75) is 51.6 Å². The fourth-order valence-corrected chi connectivity index (χ4v) is 1.32. The van der Waals surface area contributed by atoms with Gasteiger partial charge in [-0.15, -0.1) is 0 Å². The van der Waals surface area contributed by atoms with E-state index in [1.807, 2.05) is 7.05 Å². The van der Waals surface area contributed by atoms with E-state index in [-0.39, 0.29) is 6.10 Å². The number of nitrogens with one attached hydrogen (secondary N) is 1. The molecular formula is C10H23NO. The summed E-state index contributed by atoms with van der Waals surface area (Å²) < 4.78 is 0. The first kappa shape index (κ1) is 11.9. The third kappa shape index (κ3) is 8.02. The van der Waals surface area contributed by atoms with E-state index in [0.29, 0.717) is 0 Å². The summed E-state index contributed by atoms with van der Waals surface area (Å²) in [5, 5.41) is 12.3. The molecule has 0 aromatic heterocycles. The van der Waals surface area contributed by atoms with E-state index in [1.165, 1.54) is 32.1 Å². The average molecular weight is 173 g/mol. The summed E-state index contributed by atoms with van der Waals surface area (Å²) in [7, 11) is 1.88. The molecule has 0 aliphatic carbocycles. The average Bonchev–Trinajstić information content (AvgIpc) is 2.05. The van der Waals surface area contributed by atoms with E-state index in [9.17, 15) is 5.11 Å². The van der Waals surface area contributed by atoms with Gasteiger partial charge in [-0.25, -0.2) is 0 Å². The van der Waals surface area contributed by atoms with Crippen molar-refractivity contribution in [3.63, 3.8) is 0 Å². The molecule has 0 amide bonds. The minimum atomic E-state index is -0.142. The van der Waals surface area contributed by atoms with E-state index >= 15 is 0 Å². The first-order chi connectivity index (χ1) is 5.81. The fourth-order valence-electron chi connectivity index (χ4n) is 1.32. The molecule has 0 rings (SSSR count). The summed E-state index contributed by atoms with van der Waals surface area (Å²) in [6.07, 6.45) is 7.20. The van der Waals surface area contributed by atoms with Crippen LogP contribution in [0.25, 0.3) is 0 Å². The van der Waals surface area contributed by atoms with Crippen molar-refractivity contribution < 1.29 is 5.11 Å². The van der Waals surface area contributed by atoms with Crippen LogP contribution in [0.15, 0.2) is 0 Å². The van der Waals surface area contributed by atoms with Crippen molar-refractivity contribution in [1.82, 2.24) is 5.32 Å². The molecule has 0 heterocycles. The van der Waals surface area contributed by atoms with Gasteiger partial charge in [0.15, 0.2) is 0 Å². The predicted octanol–water partition coefficient (Wildman–Crippen LogP) is 1.93. The molecule has 0 saturated carbocycles. The van der Waals surface area contributed by atoms with Crippen LogP contribution in [0.5, 0.6) is 0 Å². The van der Waals surface area contributed by atoms with Crippen LogP contribution in [0.4, 0.5) is 0 Å². The largest absolute Gasteiger partial charge is 0.392 e. The van der Waals surface area contributed by atoms with Crippen LogP contribution < -0.4 is 5.32 Å². The van der Waals surface area contributed by atoms with Crippen molar-refractivity contribution in [3.05, 3.63) is 0 Å². The lowest BCUT2D eigenvalue weighted by atomic mass is 10.1. The predicted molar refractivity (Wildman–Crippen MR) is 53.3 cm³/mol. The van der Waals surface area contributed by atoms with Gasteiger partial charge in [-0.2, -0.15) is 0 Å². The number of hydrogen-bond acceptors (Lipinski definition) is 2. The molecule has 0 aromatic rings. The second-order valence-corrected chi connectivity index (χ2v) is 3.41. The van der Waals surface area contributed by atoms with Crippen molar-refractivity contribution in [2.24, 2.45) is 0 Å². The molecule has 2 heteroatoms. The monoisotopic (exact) mass is 173 g/mol. The first-order valence-electron chi connectivity index (χ1n) is 5.14. The summed E-state index contributed by atoms with van der Waals surface area (Å²) in [6, 6.07) is 0. The molecule has 0 aliphatic rings. The molecule has 0 aromatic carbocycles. The summed E-state index contributed by atoms with van der Waals surface area (Å²) in [4.78, 5) is 0. The van der Waals surface area contributed by atoms with Gasteiger partial charge in [-0.05, 0) is 13.5 Å². The minimum Gasteiger partial charge on any atom is -0.392 e. The summed E-state index contributed by atoms with van der Waals surface area (Å²) in [5.41, 5.74) is 0. The normalized spacial score (nSPS) is 13.2. The Balaban J connectivity index is 2.97. The summed E-state index contributed by atoms with van der Waals surface area (Å²) >= 11 is 0. The Labute approximate surface area is 76.4 Å². The van der Waals surface area contributed by atoms with Gasteiger partial charge in [0, 0.05) is 6.54 Å². The van der Waals surface area contributed by atoms with E-state index < -0.39 is 0 Å². The highest BCUT2D eigenvalue weighted by atomic mass is 16.3. The van der Waals surface area contributed by atoms with E-state index in [4.69, 9.17) is 0 Å². The third-order valence-electron chi connectivity index (χ3n) is 2.08. The molecule has 0 aliphatic heterocycles. The van der Waals surface area contributed by atoms with Crippen LogP contribution in [0, 0.1) is 0 Å². The number of rotatable bonds is 8. The lowest BCUT2D eigenvalue weighted by Gasteiger charge is -2.08. The zero-order chi connectivity index (χ0) is 9.23. The van der Waals surface area contributed by atoms with Gasteiger partial charge in [0.2, 0.25) is 0 Å². The Morgan fingerprint density at radius 3 is 2.42 bits per heavy atom. The number of likely N-dealkylation sites (N-methyl/N-ethyl adjacent to an activating group) is 1. The number of unbranched alkanes of at least 4 members (excludes halogenated alkanes) is 4. The molecule has 74 valence electrons. The highest BCUT2D eigenvalue weighted by molar-refractivity contribution is 4.57. The second kappa shape index (κ2) is 9.01. The molecule has 2 N–H and O–H groups in total. The van der Waals surface area contributed by atoms with Crippen LogP contribution in [0.1, 0.15) is 45.4 Å². The molecule has 0 saturated heterocycles. The molecule has 2 nitrogen and oxygen atoms in total. The zero-order valence-corrected chi connectivity index (χ0v) is 8.47. The van der Waals surface area contributed by atoms with Gasteiger partial charge < -0.3 is 10.4 Å². The molecule has 1 atom stereocenters. The molecule has 0 bridgehead atoms. The lowest BCUT2D eigenvalue weighted by Crippen LogP contribution is -2.23. The Bertz CT molecular complexity index is 85.9. The SMILES string of the molecule is CCCCCCCC(O)CNC. The van der Waals surface area contributed by atoms with Crippen molar-refractivity contribution in [2.75, 3.05) is 13.6 Å². The van der Waals surface area contributed by atoms with Gasteiger partial charge in [-0.1, -0.05) is 39.0 Å². The van der Waals surface area contributed by atoms with Crippen molar-refractivity contribution in [3.8, 4) is 0 Å². The highest BCUT2D eigenvalue weighted by Crippen LogP contribution is 2.06. The maximum Gasteiger partial charge on any atom is 0.0664 e. The summed E-state index contributed by atoms with van der Waals surface area (Å²) in [6.45, 7) is 2.95. The Hall–Kier alpha value is -0.0800. The van der Waals surface area contributed by atoms with E-state index in [2.05, 4.69) is 12.2 Å². The molecule has 0 spiro atoms. The molecule has 12 heavy (non-hydrogen) atoms. The number of aliphatic hydroxyl groups excluding tert-OH is 1. The standard InChI is InChI=1S/C10H23NO/c1-3-4-5-6-7-8-10(12)9-11-2/h10-12H,3-9H2,1-2H3. The smallest absolute Gasteiger partial charge is 0.0664 e. The molecular weight excluding hydrogens is 150 g/mol. The first-order valence-corrected chi connectivity index (χ1v) is 5.14. The number of hydrogen-bond donors (Lipinski definition) is 2. The van der Waals surface area contributed by atoms with Crippen molar-refractivity contribution >= 4 is 0 Å². The lowest BCUT2D eigenvalue weighted by molar-refractivity contribution is 0.160. The van der Waals surface area contributed by atoms with E-state index in [1.54, 1.807) is 0 Å². The van der Waals surface area contributed by atoms with Crippen LogP contribution in [0.2, 0.25) is 0 Å². The van der Waals surface area contributed by atoms with Gasteiger partial charge in [0.25, 0.3) is 0 Å². The van der Waals surface area contributed by atoms with Gasteiger partial charge >= 0.3 is 0 Å². The Morgan fingerprint density at radius 2 is 1.83 bits per heavy atom. The van der Waals surface area contributed by atoms with Crippen LogP contribution in [-0.4, -0.2) is 24.8 Å². The minimum absolute atomic E-state index is 0.142. The molecule has 0 fully saturated rings. The zero-order valence-electron chi connectivity index (χ0n) is 8.47. The maximum absolute atomic E-state index is 9.34. The molecule has 1 unspecified atom stereocenters. The Morgan fingerprint density at radius 1 is 1.17 bits per heavy atom. The topological polar surface area (TPSA) is 32.3 Å². The van der Waals surface area contributed by atoms with Crippen molar-refractivity contribution in [1.29, 1.82) is 0 Å². The number of aliphatic hydroxyl groups is 1. The second-order valence-electron chi connectivity index (χ2n) is 3.41. The molecule has 0 radical (unpaired) electrons. The van der Waals surface area contributed by atoms with Gasteiger partial charge in [-0.3, -0.25) is 0 Å². The van der Waals surface area contributed by atoms with Gasteiger partial charge in [0.05, 0.1) is 6.10 Å². The quantitative estimate of drug-likeness (QED) is 0.550. The van der Waals surface area contributed by atoms with Gasteiger partial charge in [0.1, 0.15) is 0 Å². The van der Waals surface area contributed by atoms with Crippen LogP contribution >= 0.6 is 0 Å². The summed E-state index contributed by atoms with van der Waals surface area (Å²) in [5.74, 6) is 0. The third-order valence-corrected chi connectivity index (χ3v) is 2.08. The van der Waals surface area contributed by atoms with Crippen LogP contribution in [-0.2, 0) is 0 Å². The van der Waals surface area contributed by atoms with E-state index in [0.717, 1.165) is 13.0 Å². The van der Waals surface area contributed by atoms with Crippen LogP contribution in [0.3, 0.4) is 0 Å². The highest BCUT2D eigenvalue weighted by Gasteiger charge is 2.00. The fraction of sp³-hybridized carbons (Fsp3) is 1.00.